The first-order valence-corrected chi connectivity index (χ1v) is 13.1. The van der Waals surface area contributed by atoms with Crippen LogP contribution in [0.1, 0.15) is 19.0 Å². The number of benzene rings is 1. The van der Waals surface area contributed by atoms with Crippen LogP contribution >= 0.6 is 0 Å². The Morgan fingerprint density at radius 1 is 1.18 bits per heavy atom. The van der Waals surface area contributed by atoms with Crippen LogP contribution < -0.4 is 15.1 Å². The van der Waals surface area contributed by atoms with E-state index >= 15 is 8.78 Å². The first kappa shape index (κ1) is 27.2. The van der Waals surface area contributed by atoms with Crippen molar-refractivity contribution in [1.82, 2.24) is 25.2 Å². The van der Waals surface area contributed by atoms with Gasteiger partial charge in [-0.25, -0.2) is 18.3 Å². The number of carbonyl (C=O) groups excluding carboxylic acids is 3. The number of amides is 3. The summed E-state index contributed by atoms with van der Waals surface area (Å²) in [6.45, 7) is 4.91. The third-order valence-corrected chi connectivity index (χ3v) is 7.01. The van der Waals surface area contributed by atoms with Gasteiger partial charge in [0.05, 0.1) is 31.0 Å². The highest BCUT2D eigenvalue weighted by Gasteiger charge is 2.35. The van der Waals surface area contributed by atoms with Crippen molar-refractivity contribution in [3.8, 4) is 0 Å². The molecule has 12 nitrogen and oxygen atoms in total. The highest BCUT2D eigenvalue weighted by atomic mass is 19.1. The smallest absolute Gasteiger partial charge is 0.414 e. The second-order valence-corrected chi connectivity index (χ2v) is 9.95. The zero-order valence-electron chi connectivity index (χ0n) is 22.2. The number of hydrogen-bond donors (Lipinski definition) is 1. The van der Waals surface area contributed by atoms with Crippen LogP contribution in [-0.2, 0) is 20.9 Å². The Hall–Kier alpha value is -4.36. The normalized spacial score (nSPS) is 19.9. The molecule has 1 aromatic heterocycles. The predicted octanol–water partition coefficient (Wildman–Crippen LogP) is 1.44. The number of anilines is 2. The van der Waals surface area contributed by atoms with E-state index in [1.165, 1.54) is 9.80 Å². The summed E-state index contributed by atoms with van der Waals surface area (Å²) in [4.78, 5) is 46.1. The number of nitrogens with one attached hydrogen (secondary N) is 1. The lowest BCUT2D eigenvalue weighted by Gasteiger charge is -2.37. The van der Waals surface area contributed by atoms with Gasteiger partial charge in [-0.2, -0.15) is 0 Å². The van der Waals surface area contributed by atoms with Crippen LogP contribution in [0.5, 0.6) is 0 Å². The third-order valence-electron chi connectivity index (χ3n) is 7.01. The number of rotatable bonds is 7. The van der Waals surface area contributed by atoms with Crippen molar-refractivity contribution in [3.63, 3.8) is 0 Å². The number of ether oxygens (including phenoxy) is 1. The number of aromatic nitrogens is 3. The van der Waals surface area contributed by atoms with E-state index in [9.17, 15) is 14.4 Å². The molecular formula is C26H30F2N8O4. The Labute approximate surface area is 229 Å². The molecule has 0 saturated carbocycles. The molecule has 2 saturated heterocycles. The van der Waals surface area contributed by atoms with Gasteiger partial charge >= 0.3 is 6.09 Å². The second kappa shape index (κ2) is 11.4. The molecule has 3 aliphatic rings. The molecule has 4 heterocycles. The molecule has 0 bridgehead atoms. The number of piperazine rings is 1. The largest absolute Gasteiger partial charge is 0.442 e. The van der Waals surface area contributed by atoms with Crippen LogP contribution in [0.3, 0.4) is 0 Å². The van der Waals surface area contributed by atoms with Crippen molar-refractivity contribution in [2.24, 2.45) is 4.99 Å². The van der Waals surface area contributed by atoms with E-state index in [0.717, 1.165) is 17.8 Å². The van der Waals surface area contributed by atoms with E-state index in [4.69, 9.17) is 4.74 Å². The SMILES string of the molecule is Cc1cn(CC2CN(c3cc(F)c(N4CCN(C(=O)C(C)NC(=O)C5=CCC=NC5)CC4)c(F)c3)C(=O)O2)nn1. The summed E-state index contributed by atoms with van der Waals surface area (Å²) >= 11 is 0. The van der Waals surface area contributed by atoms with E-state index in [-0.39, 0.29) is 69.0 Å². The molecule has 0 aliphatic carbocycles. The number of aryl methyl sites for hydroxylation is 1. The van der Waals surface area contributed by atoms with Crippen LogP contribution in [-0.4, -0.2) is 95.4 Å². The summed E-state index contributed by atoms with van der Waals surface area (Å²) in [5, 5.41) is 10.5. The molecule has 40 heavy (non-hydrogen) atoms. The Morgan fingerprint density at radius 3 is 2.52 bits per heavy atom. The summed E-state index contributed by atoms with van der Waals surface area (Å²) < 4.78 is 37.3. The number of aliphatic imine (C=N–C) groups is 1. The Morgan fingerprint density at radius 2 is 1.90 bits per heavy atom. The van der Waals surface area contributed by atoms with Gasteiger partial charge < -0.3 is 19.9 Å². The van der Waals surface area contributed by atoms with Crippen LogP contribution in [0.2, 0.25) is 0 Å². The van der Waals surface area contributed by atoms with Gasteiger partial charge in [0.1, 0.15) is 17.8 Å². The highest BCUT2D eigenvalue weighted by molar-refractivity contribution is 5.98. The highest BCUT2D eigenvalue weighted by Crippen LogP contribution is 2.32. The van der Waals surface area contributed by atoms with Gasteiger partial charge in [0, 0.05) is 62.7 Å². The van der Waals surface area contributed by atoms with E-state index < -0.39 is 29.9 Å². The van der Waals surface area contributed by atoms with Crippen LogP contribution in [0.15, 0.2) is 35.0 Å². The van der Waals surface area contributed by atoms with E-state index in [0.29, 0.717) is 12.0 Å². The number of allylic oxidation sites excluding steroid dienone is 1. The van der Waals surface area contributed by atoms with Crippen molar-refractivity contribution in [2.75, 3.05) is 49.1 Å². The van der Waals surface area contributed by atoms with Crippen LogP contribution in [0.25, 0.3) is 0 Å². The molecule has 0 spiro atoms. The van der Waals surface area contributed by atoms with E-state index in [1.54, 1.807) is 41.9 Å². The molecule has 2 unspecified atom stereocenters. The molecule has 5 rings (SSSR count). The fraction of sp³-hybridized carbons (Fsp3) is 0.462. The Bertz CT molecular complexity index is 1350. The average Bonchev–Trinajstić information content (AvgIpc) is 3.52. The first-order valence-electron chi connectivity index (χ1n) is 13.1. The van der Waals surface area contributed by atoms with Gasteiger partial charge in [-0.05, 0) is 13.8 Å². The summed E-state index contributed by atoms with van der Waals surface area (Å²) in [5.41, 5.74) is 1.07. The number of dihydropyridines is 1. The van der Waals surface area contributed by atoms with Gasteiger partial charge in [-0.3, -0.25) is 19.5 Å². The summed E-state index contributed by atoms with van der Waals surface area (Å²) in [7, 11) is 0. The average molecular weight is 557 g/mol. The molecule has 2 atom stereocenters. The van der Waals surface area contributed by atoms with Crippen molar-refractivity contribution >= 4 is 35.5 Å². The predicted molar refractivity (Wildman–Crippen MR) is 141 cm³/mol. The lowest BCUT2D eigenvalue weighted by atomic mass is 10.1. The summed E-state index contributed by atoms with van der Waals surface area (Å²) in [5.74, 6) is -2.24. The molecule has 3 amide bonds. The molecule has 212 valence electrons. The Balaban J connectivity index is 1.18. The first-order chi connectivity index (χ1) is 19.2. The van der Waals surface area contributed by atoms with E-state index in [1.807, 2.05) is 0 Å². The fourth-order valence-corrected chi connectivity index (χ4v) is 4.97. The van der Waals surface area contributed by atoms with Gasteiger partial charge in [0.2, 0.25) is 11.8 Å². The molecule has 3 aliphatic heterocycles. The topological polar surface area (TPSA) is 125 Å². The minimum absolute atomic E-state index is 0.0539. The van der Waals surface area contributed by atoms with Crippen molar-refractivity contribution in [2.45, 2.75) is 39.0 Å². The van der Waals surface area contributed by atoms with Gasteiger partial charge in [0.15, 0.2) is 11.6 Å². The monoisotopic (exact) mass is 556 g/mol. The lowest BCUT2D eigenvalue weighted by molar-refractivity contribution is -0.135. The maximum atomic E-state index is 15.2. The lowest BCUT2D eigenvalue weighted by Crippen LogP contribution is -2.54. The Kier molecular flexibility index (Phi) is 7.76. The molecular weight excluding hydrogens is 526 g/mol. The third kappa shape index (κ3) is 5.80. The molecule has 14 heteroatoms. The van der Waals surface area contributed by atoms with Gasteiger partial charge in [-0.1, -0.05) is 11.3 Å². The molecule has 2 fully saturated rings. The molecule has 0 radical (unpaired) electrons. The second-order valence-electron chi connectivity index (χ2n) is 9.95. The molecule has 2 aromatic rings. The fourth-order valence-electron chi connectivity index (χ4n) is 4.97. The zero-order valence-corrected chi connectivity index (χ0v) is 22.2. The standard InChI is InChI=1S/C26H30F2N8O4/c1-16-13-35(32-31-16)14-20-15-36(26(39)40-20)19-10-21(27)23(22(28)11-19)33-6-8-34(9-7-33)25(38)17(2)30-24(37)18-4-3-5-29-12-18/h4-5,10-11,13,17,20H,3,6-9,12,14-15H2,1-2H3,(H,30,37). The van der Waals surface area contributed by atoms with Crippen molar-refractivity contribution in [1.29, 1.82) is 0 Å². The number of hydrogen-bond acceptors (Lipinski definition) is 8. The zero-order chi connectivity index (χ0) is 28.4. The number of halogens is 2. The number of carbonyl (C=O) groups is 3. The quantitative estimate of drug-likeness (QED) is 0.547. The van der Waals surface area contributed by atoms with Crippen LogP contribution in [0, 0.1) is 18.6 Å². The van der Waals surface area contributed by atoms with Crippen molar-refractivity contribution < 1.29 is 27.9 Å². The maximum Gasteiger partial charge on any atom is 0.414 e. The maximum absolute atomic E-state index is 15.2. The van der Waals surface area contributed by atoms with Crippen molar-refractivity contribution in [3.05, 3.63) is 47.3 Å². The summed E-state index contributed by atoms with van der Waals surface area (Å²) in [6, 6.07) is 1.47. The van der Waals surface area contributed by atoms with Crippen LogP contribution in [0.4, 0.5) is 25.0 Å². The van der Waals surface area contributed by atoms with Gasteiger partial charge in [-0.15, -0.1) is 5.10 Å². The summed E-state index contributed by atoms with van der Waals surface area (Å²) in [6.07, 6.45) is 4.53. The molecule has 1 N–H and O–H groups in total. The number of cyclic esters (lactones) is 1. The minimum Gasteiger partial charge on any atom is -0.442 e. The molecule has 1 aromatic carbocycles. The van der Waals surface area contributed by atoms with E-state index in [2.05, 4.69) is 20.6 Å². The van der Waals surface area contributed by atoms with Gasteiger partial charge in [0.25, 0.3) is 0 Å². The minimum atomic E-state index is -0.818. The number of nitrogens with zero attached hydrogens (tertiary/aromatic N) is 7.